The molecule has 0 spiro atoms. The van der Waals surface area contributed by atoms with E-state index in [9.17, 15) is 0 Å². The van der Waals surface area contributed by atoms with Crippen LogP contribution < -0.4 is 4.74 Å². The van der Waals surface area contributed by atoms with Crippen molar-refractivity contribution in [2.24, 2.45) is 0 Å². The van der Waals surface area contributed by atoms with Crippen molar-refractivity contribution in [1.82, 2.24) is 9.97 Å². The molecule has 0 radical (unpaired) electrons. The number of nitrogens with zero attached hydrogens (tertiary/aromatic N) is 2. The van der Waals surface area contributed by atoms with Crippen LogP contribution in [0.15, 0.2) is 65.5 Å². The summed E-state index contributed by atoms with van der Waals surface area (Å²) >= 11 is 1.70. The van der Waals surface area contributed by atoms with E-state index in [0.717, 1.165) is 28.0 Å². The highest BCUT2D eigenvalue weighted by Crippen LogP contribution is 2.33. The van der Waals surface area contributed by atoms with Gasteiger partial charge in [0.15, 0.2) is 0 Å². The van der Waals surface area contributed by atoms with E-state index in [4.69, 9.17) is 11.2 Å². The molecule has 29 heavy (non-hydrogen) atoms. The average Bonchev–Trinajstić information content (AvgIpc) is 3.26. The number of aryl methyl sites for hydroxylation is 2. The van der Waals surface area contributed by atoms with E-state index in [0.29, 0.717) is 18.1 Å². The summed E-state index contributed by atoms with van der Waals surface area (Å²) in [5.41, 5.74) is 6.56. The van der Waals surface area contributed by atoms with Gasteiger partial charge >= 0.3 is 0 Å². The van der Waals surface area contributed by atoms with Crippen LogP contribution in [0.5, 0.6) is 11.6 Å². The molecule has 0 saturated heterocycles. The van der Waals surface area contributed by atoms with Crippen LogP contribution in [0.4, 0.5) is 0 Å². The third-order valence-corrected chi connectivity index (χ3v) is 5.37. The molecule has 4 aromatic rings. The number of ether oxygens (including phenoxy) is 1. The van der Waals surface area contributed by atoms with Gasteiger partial charge in [0.1, 0.15) is 11.6 Å². The monoisotopic (exact) mass is 396 g/mol. The number of aromatic nitrogens is 2. The summed E-state index contributed by atoms with van der Waals surface area (Å²) in [7, 11) is 0. The summed E-state index contributed by atoms with van der Waals surface area (Å²) < 4.78 is 6.15. The van der Waals surface area contributed by atoms with Gasteiger partial charge in [-0.25, -0.2) is 4.98 Å². The fourth-order valence-electron chi connectivity index (χ4n) is 3.24. The molecule has 0 fully saturated rings. The Hall–Kier alpha value is -3.42. The first-order valence-electron chi connectivity index (χ1n) is 9.31. The lowest BCUT2D eigenvalue weighted by Gasteiger charge is -2.13. The molecule has 2 heterocycles. The van der Waals surface area contributed by atoms with Crippen molar-refractivity contribution in [2.45, 2.75) is 20.3 Å². The molecule has 0 aliphatic rings. The van der Waals surface area contributed by atoms with Crippen molar-refractivity contribution in [3.05, 3.63) is 93.6 Å². The zero-order valence-electron chi connectivity index (χ0n) is 16.3. The minimum atomic E-state index is 0.546. The highest BCUT2D eigenvalue weighted by atomic mass is 32.1. The summed E-state index contributed by atoms with van der Waals surface area (Å²) in [4.78, 5) is 8.97. The average molecular weight is 397 g/mol. The van der Waals surface area contributed by atoms with Crippen LogP contribution in [0, 0.1) is 26.2 Å². The molecule has 0 atom stereocenters. The lowest BCUT2D eigenvalue weighted by Crippen LogP contribution is -2.00. The zero-order valence-corrected chi connectivity index (χ0v) is 17.2. The van der Waals surface area contributed by atoms with Crippen LogP contribution in [-0.2, 0) is 6.42 Å². The van der Waals surface area contributed by atoms with Gasteiger partial charge in [-0.15, -0.1) is 6.42 Å². The number of hydrogen-bond donors (Lipinski definition) is 0. The first kappa shape index (κ1) is 18.9. The lowest BCUT2D eigenvalue weighted by atomic mass is 10.0. The number of hydrogen-bond acceptors (Lipinski definition) is 4. The van der Waals surface area contributed by atoms with Crippen LogP contribution in [-0.4, -0.2) is 9.97 Å². The third kappa shape index (κ3) is 4.37. The smallest absolute Gasteiger partial charge is 0.222 e. The van der Waals surface area contributed by atoms with Gasteiger partial charge in [0.05, 0.1) is 0 Å². The van der Waals surface area contributed by atoms with Crippen molar-refractivity contribution in [1.29, 1.82) is 0 Å². The van der Waals surface area contributed by atoms with Crippen LogP contribution in [0.1, 0.15) is 28.1 Å². The normalized spacial score (nSPS) is 10.5. The fourth-order valence-corrected chi connectivity index (χ4v) is 3.90. The third-order valence-electron chi connectivity index (χ3n) is 4.68. The minimum absolute atomic E-state index is 0.546. The SMILES string of the molecule is C#Cc1ccc(Cc2nccc(Oc3c(C)cc(-c4ccsc4)cc3C)n2)cc1. The second-order valence-electron chi connectivity index (χ2n) is 6.88. The van der Waals surface area contributed by atoms with Gasteiger partial charge in [-0.3, -0.25) is 0 Å². The number of thiophene rings is 1. The highest BCUT2D eigenvalue weighted by molar-refractivity contribution is 7.08. The molecule has 2 aromatic heterocycles. The van der Waals surface area contributed by atoms with Crippen molar-refractivity contribution in [2.75, 3.05) is 0 Å². The molecule has 0 amide bonds. The molecular weight excluding hydrogens is 376 g/mol. The maximum Gasteiger partial charge on any atom is 0.222 e. The number of rotatable bonds is 5. The Morgan fingerprint density at radius 1 is 1.00 bits per heavy atom. The minimum Gasteiger partial charge on any atom is -0.438 e. The molecule has 4 heteroatoms. The molecule has 3 nitrogen and oxygen atoms in total. The lowest BCUT2D eigenvalue weighted by molar-refractivity contribution is 0.452. The highest BCUT2D eigenvalue weighted by Gasteiger charge is 2.11. The second kappa shape index (κ2) is 8.30. The summed E-state index contributed by atoms with van der Waals surface area (Å²) in [6.07, 6.45) is 7.77. The van der Waals surface area contributed by atoms with Gasteiger partial charge in [-0.1, -0.05) is 18.1 Å². The Labute approximate surface area is 175 Å². The number of benzene rings is 2. The Kier molecular flexibility index (Phi) is 5.41. The van der Waals surface area contributed by atoms with Gasteiger partial charge in [-0.05, 0) is 82.8 Å². The predicted molar refractivity (Wildman–Crippen MR) is 119 cm³/mol. The predicted octanol–water partition coefficient (Wildman–Crippen LogP) is 6.19. The van der Waals surface area contributed by atoms with Crippen LogP contribution in [0.2, 0.25) is 0 Å². The van der Waals surface area contributed by atoms with E-state index in [2.05, 4.69) is 58.7 Å². The first-order chi connectivity index (χ1) is 14.1. The van der Waals surface area contributed by atoms with E-state index in [1.54, 1.807) is 23.6 Å². The topological polar surface area (TPSA) is 35.0 Å². The Morgan fingerprint density at radius 3 is 2.41 bits per heavy atom. The molecule has 0 aliphatic carbocycles. The molecule has 0 saturated carbocycles. The van der Waals surface area contributed by atoms with Crippen molar-refractivity contribution in [3.63, 3.8) is 0 Å². The maximum atomic E-state index is 6.15. The van der Waals surface area contributed by atoms with Gasteiger partial charge in [0, 0.05) is 24.2 Å². The Balaban J connectivity index is 1.55. The Morgan fingerprint density at radius 2 is 1.76 bits per heavy atom. The van der Waals surface area contributed by atoms with Crippen LogP contribution >= 0.6 is 11.3 Å². The largest absolute Gasteiger partial charge is 0.438 e. The summed E-state index contributed by atoms with van der Waals surface area (Å²) in [5, 5.41) is 4.24. The number of terminal acetylenes is 1. The van der Waals surface area contributed by atoms with Crippen molar-refractivity contribution < 1.29 is 4.74 Å². The molecule has 2 aromatic carbocycles. The molecule has 0 bridgehead atoms. The molecule has 4 rings (SSSR count). The van der Waals surface area contributed by atoms with E-state index in [-0.39, 0.29) is 0 Å². The van der Waals surface area contributed by atoms with E-state index in [1.165, 1.54) is 11.1 Å². The molecule has 0 N–H and O–H groups in total. The summed E-state index contributed by atoms with van der Waals surface area (Å²) in [5.74, 6) is 4.72. The van der Waals surface area contributed by atoms with Gasteiger partial charge < -0.3 is 4.74 Å². The van der Waals surface area contributed by atoms with Gasteiger partial charge in [0.25, 0.3) is 0 Å². The molecular formula is C25H20N2OS. The quantitative estimate of drug-likeness (QED) is 0.378. The fraction of sp³-hybridized carbons (Fsp3) is 0.120. The maximum absolute atomic E-state index is 6.15. The first-order valence-corrected chi connectivity index (χ1v) is 10.3. The molecule has 0 aliphatic heterocycles. The van der Waals surface area contributed by atoms with Crippen LogP contribution in [0.3, 0.4) is 0 Å². The van der Waals surface area contributed by atoms with E-state index >= 15 is 0 Å². The van der Waals surface area contributed by atoms with E-state index < -0.39 is 0 Å². The van der Waals surface area contributed by atoms with E-state index in [1.807, 2.05) is 24.3 Å². The summed E-state index contributed by atoms with van der Waals surface area (Å²) in [6, 6.07) is 16.1. The van der Waals surface area contributed by atoms with Crippen LogP contribution in [0.25, 0.3) is 11.1 Å². The second-order valence-corrected chi connectivity index (χ2v) is 7.66. The zero-order chi connectivity index (χ0) is 20.2. The van der Waals surface area contributed by atoms with Crippen molar-refractivity contribution >= 4 is 11.3 Å². The molecule has 0 unspecified atom stereocenters. The van der Waals surface area contributed by atoms with Crippen molar-refractivity contribution in [3.8, 4) is 35.1 Å². The summed E-state index contributed by atoms with van der Waals surface area (Å²) in [6.45, 7) is 4.13. The molecule has 142 valence electrons. The Bertz CT molecular complexity index is 1150. The van der Waals surface area contributed by atoms with Gasteiger partial charge in [0.2, 0.25) is 5.88 Å². The standard InChI is InChI=1S/C25H20N2OS/c1-4-19-5-7-20(8-6-19)15-23-26-11-9-24(27-23)28-25-17(2)13-22(14-18(25)3)21-10-12-29-16-21/h1,5-14,16H,15H2,2-3H3. The van der Waals surface area contributed by atoms with Gasteiger partial charge in [-0.2, -0.15) is 16.3 Å².